The highest BCUT2D eigenvalue weighted by Gasteiger charge is 2.11. The van der Waals surface area contributed by atoms with E-state index in [0.717, 1.165) is 0 Å². The molecular formula is C12H13N3O2S. The Labute approximate surface area is 109 Å². The minimum Gasteiger partial charge on any atom is -0.365 e. The highest BCUT2D eigenvalue weighted by Crippen LogP contribution is 2.20. The summed E-state index contributed by atoms with van der Waals surface area (Å²) in [6.45, 7) is 4.45. The molecule has 0 bridgehead atoms. The fraction of sp³-hybridized carbons (Fsp3) is 0.250. The van der Waals surface area contributed by atoms with Crippen LogP contribution in [0.2, 0.25) is 0 Å². The van der Waals surface area contributed by atoms with E-state index < -0.39 is 4.92 Å². The number of hydrogen-bond acceptors (Lipinski definition) is 5. The van der Waals surface area contributed by atoms with E-state index >= 15 is 0 Å². The average molecular weight is 263 g/mol. The summed E-state index contributed by atoms with van der Waals surface area (Å²) in [5, 5.41) is 13.8. The van der Waals surface area contributed by atoms with Crippen LogP contribution in [0.1, 0.15) is 15.3 Å². The molecule has 18 heavy (non-hydrogen) atoms. The normalized spacial score (nSPS) is 10.3. The fourth-order valence-corrected chi connectivity index (χ4v) is 2.42. The molecule has 2 aromatic heterocycles. The molecule has 0 saturated carbocycles. The van der Waals surface area contributed by atoms with E-state index in [9.17, 15) is 10.1 Å². The third-order valence-electron chi connectivity index (χ3n) is 2.52. The van der Waals surface area contributed by atoms with Crippen LogP contribution in [0.25, 0.3) is 0 Å². The first kappa shape index (κ1) is 12.5. The van der Waals surface area contributed by atoms with Crippen molar-refractivity contribution in [3.05, 3.63) is 49.8 Å². The molecule has 0 fully saturated rings. The standard InChI is InChI=1S/C12H13N3O2S/c1-8-5-12(14-7-11(8)15(16)17)13-6-10-4-3-9(2)18-10/h3-5,7H,6H2,1-2H3,(H,13,14). The van der Waals surface area contributed by atoms with E-state index in [1.54, 1.807) is 24.3 Å². The van der Waals surface area contributed by atoms with Crippen molar-refractivity contribution in [2.75, 3.05) is 5.32 Å². The third-order valence-corrected chi connectivity index (χ3v) is 3.52. The van der Waals surface area contributed by atoms with Gasteiger partial charge >= 0.3 is 0 Å². The number of nitrogens with one attached hydrogen (secondary N) is 1. The number of rotatable bonds is 4. The Bertz CT molecular complexity index is 580. The molecule has 0 aliphatic rings. The summed E-state index contributed by atoms with van der Waals surface area (Å²) in [6.07, 6.45) is 1.29. The summed E-state index contributed by atoms with van der Waals surface area (Å²) in [4.78, 5) is 16.8. The van der Waals surface area contributed by atoms with E-state index in [2.05, 4.69) is 29.4 Å². The zero-order chi connectivity index (χ0) is 13.1. The lowest BCUT2D eigenvalue weighted by atomic mass is 10.2. The van der Waals surface area contributed by atoms with Gasteiger partial charge in [0.25, 0.3) is 5.69 Å². The number of nitrogens with zero attached hydrogens (tertiary/aromatic N) is 2. The molecular weight excluding hydrogens is 250 g/mol. The van der Waals surface area contributed by atoms with Gasteiger partial charge in [0.05, 0.1) is 11.5 Å². The molecule has 1 N–H and O–H groups in total. The maximum absolute atomic E-state index is 10.7. The van der Waals surface area contributed by atoms with Crippen molar-refractivity contribution in [1.82, 2.24) is 4.98 Å². The van der Waals surface area contributed by atoms with Crippen LogP contribution < -0.4 is 5.32 Å². The largest absolute Gasteiger partial charge is 0.365 e. The van der Waals surface area contributed by atoms with Crippen molar-refractivity contribution in [2.45, 2.75) is 20.4 Å². The van der Waals surface area contributed by atoms with E-state index in [-0.39, 0.29) is 5.69 Å². The molecule has 0 saturated heterocycles. The first-order valence-electron chi connectivity index (χ1n) is 5.46. The fourth-order valence-electron chi connectivity index (χ4n) is 1.59. The number of thiophene rings is 1. The molecule has 0 amide bonds. The van der Waals surface area contributed by atoms with Crippen molar-refractivity contribution >= 4 is 22.8 Å². The second kappa shape index (κ2) is 5.14. The van der Waals surface area contributed by atoms with Crippen LogP contribution in [0.15, 0.2) is 24.4 Å². The van der Waals surface area contributed by atoms with Crippen LogP contribution in [-0.2, 0) is 6.54 Å². The highest BCUT2D eigenvalue weighted by atomic mass is 32.1. The van der Waals surface area contributed by atoms with Gasteiger partial charge in [0.15, 0.2) is 0 Å². The average Bonchev–Trinajstić information content (AvgIpc) is 2.72. The summed E-state index contributed by atoms with van der Waals surface area (Å²) in [6, 6.07) is 5.82. The lowest BCUT2D eigenvalue weighted by molar-refractivity contribution is -0.385. The van der Waals surface area contributed by atoms with Gasteiger partial charge in [-0.2, -0.15) is 0 Å². The van der Waals surface area contributed by atoms with Crippen molar-refractivity contribution < 1.29 is 4.92 Å². The predicted octanol–water partition coefficient (Wildman–Crippen LogP) is 3.28. The number of anilines is 1. The molecule has 0 aromatic carbocycles. The number of aryl methyl sites for hydroxylation is 2. The van der Waals surface area contributed by atoms with Gasteiger partial charge in [-0.15, -0.1) is 11.3 Å². The monoisotopic (exact) mass is 263 g/mol. The second-order valence-electron chi connectivity index (χ2n) is 3.98. The summed E-state index contributed by atoms with van der Waals surface area (Å²) in [7, 11) is 0. The Hall–Kier alpha value is -1.95. The molecule has 0 atom stereocenters. The molecule has 0 unspecified atom stereocenters. The minimum atomic E-state index is -0.422. The van der Waals surface area contributed by atoms with Crippen LogP contribution in [0, 0.1) is 24.0 Å². The van der Waals surface area contributed by atoms with Gasteiger partial charge in [0.1, 0.15) is 12.0 Å². The molecule has 2 heterocycles. The molecule has 0 aliphatic carbocycles. The van der Waals surface area contributed by atoms with Crippen molar-refractivity contribution in [1.29, 1.82) is 0 Å². The smallest absolute Gasteiger partial charge is 0.290 e. The molecule has 2 rings (SSSR count). The molecule has 5 nitrogen and oxygen atoms in total. The van der Waals surface area contributed by atoms with Crippen LogP contribution in [0.5, 0.6) is 0 Å². The van der Waals surface area contributed by atoms with Crippen LogP contribution in [-0.4, -0.2) is 9.91 Å². The molecule has 0 radical (unpaired) electrons. The van der Waals surface area contributed by atoms with Crippen LogP contribution in [0.4, 0.5) is 11.5 Å². The maximum atomic E-state index is 10.7. The van der Waals surface area contributed by atoms with Gasteiger partial charge in [-0.3, -0.25) is 10.1 Å². The topological polar surface area (TPSA) is 68.1 Å². The van der Waals surface area contributed by atoms with E-state index in [1.807, 2.05) is 0 Å². The first-order valence-corrected chi connectivity index (χ1v) is 6.28. The second-order valence-corrected chi connectivity index (χ2v) is 5.35. The van der Waals surface area contributed by atoms with E-state index in [1.165, 1.54) is 16.0 Å². The molecule has 0 aliphatic heterocycles. The van der Waals surface area contributed by atoms with Crippen LogP contribution in [0.3, 0.4) is 0 Å². The lowest BCUT2D eigenvalue weighted by Gasteiger charge is -2.04. The van der Waals surface area contributed by atoms with Gasteiger partial charge in [0, 0.05) is 15.3 Å². The summed E-state index contributed by atoms with van der Waals surface area (Å²) < 4.78 is 0. The maximum Gasteiger partial charge on any atom is 0.290 e. The summed E-state index contributed by atoms with van der Waals surface area (Å²) >= 11 is 1.72. The van der Waals surface area contributed by atoms with Gasteiger partial charge < -0.3 is 5.32 Å². The number of aromatic nitrogens is 1. The first-order chi connectivity index (χ1) is 8.56. The summed E-state index contributed by atoms with van der Waals surface area (Å²) in [5.41, 5.74) is 0.660. The van der Waals surface area contributed by atoms with E-state index in [4.69, 9.17) is 0 Å². The van der Waals surface area contributed by atoms with Crippen molar-refractivity contribution in [2.24, 2.45) is 0 Å². The minimum absolute atomic E-state index is 0.0486. The zero-order valence-corrected chi connectivity index (χ0v) is 11.0. The predicted molar refractivity (Wildman–Crippen MR) is 72.0 cm³/mol. The van der Waals surface area contributed by atoms with Gasteiger partial charge in [-0.25, -0.2) is 4.98 Å². The van der Waals surface area contributed by atoms with Crippen molar-refractivity contribution in [3.63, 3.8) is 0 Å². The number of pyridine rings is 1. The molecule has 0 spiro atoms. The van der Waals surface area contributed by atoms with Gasteiger partial charge in [-0.05, 0) is 32.0 Å². The SMILES string of the molecule is Cc1ccc(CNc2cc(C)c([N+](=O)[O-])cn2)s1. The van der Waals surface area contributed by atoms with Gasteiger partial charge in [0.2, 0.25) is 0 Å². The van der Waals surface area contributed by atoms with E-state index in [0.29, 0.717) is 17.9 Å². The molecule has 94 valence electrons. The van der Waals surface area contributed by atoms with Gasteiger partial charge in [-0.1, -0.05) is 0 Å². The Morgan fingerprint density at radius 1 is 1.44 bits per heavy atom. The third kappa shape index (κ3) is 2.84. The summed E-state index contributed by atoms with van der Waals surface area (Å²) in [5.74, 6) is 0.657. The quantitative estimate of drug-likeness (QED) is 0.679. The molecule has 6 heteroatoms. The Morgan fingerprint density at radius 3 is 2.78 bits per heavy atom. The van der Waals surface area contributed by atoms with Crippen LogP contribution >= 0.6 is 11.3 Å². The lowest BCUT2D eigenvalue weighted by Crippen LogP contribution is -2.01. The highest BCUT2D eigenvalue weighted by molar-refractivity contribution is 7.11. The van der Waals surface area contributed by atoms with Crippen molar-refractivity contribution in [3.8, 4) is 0 Å². The number of hydrogen-bond donors (Lipinski definition) is 1. The Balaban J connectivity index is 2.06. The Morgan fingerprint density at radius 2 is 2.22 bits per heavy atom. The zero-order valence-electron chi connectivity index (χ0n) is 10.1. The molecule has 2 aromatic rings. The number of nitro groups is 1. The Kier molecular flexibility index (Phi) is 3.57.